The lowest BCUT2D eigenvalue weighted by Crippen LogP contribution is -2.58. The lowest BCUT2D eigenvalue weighted by molar-refractivity contribution is 0.269. The van der Waals surface area contributed by atoms with Gasteiger partial charge in [0.1, 0.15) is 0 Å². The van der Waals surface area contributed by atoms with Crippen molar-refractivity contribution in [1.82, 2.24) is 15.1 Å². The van der Waals surface area contributed by atoms with Crippen LogP contribution in [0, 0.1) is 6.92 Å². The molecule has 0 bridgehead atoms. The summed E-state index contributed by atoms with van der Waals surface area (Å²) in [4.78, 5) is 0. The van der Waals surface area contributed by atoms with Crippen LogP contribution < -0.4 is 5.32 Å². The number of aromatic nitrogens is 2. The van der Waals surface area contributed by atoms with Gasteiger partial charge in [-0.15, -0.1) is 0 Å². The van der Waals surface area contributed by atoms with E-state index in [1.165, 1.54) is 5.56 Å². The maximum Gasteiger partial charge on any atom is 0.0847 e. The predicted octanol–water partition coefficient (Wildman–Crippen LogP) is 3.60. The van der Waals surface area contributed by atoms with Gasteiger partial charge in [-0.25, -0.2) is 0 Å². The molecule has 1 aromatic heterocycles. The molecule has 0 atom stereocenters. The second-order valence-electron chi connectivity index (χ2n) is 5.70. The fourth-order valence-corrected chi connectivity index (χ4v) is 3.63. The van der Waals surface area contributed by atoms with E-state index in [1.807, 2.05) is 29.8 Å². The first-order valence-electron chi connectivity index (χ1n) is 7.25. The molecular formula is C16H19Cl2N3. The Morgan fingerprint density at radius 1 is 1.29 bits per heavy atom. The number of hydrogen-bond donors (Lipinski definition) is 1. The molecular weight excluding hydrogens is 305 g/mol. The van der Waals surface area contributed by atoms with Gasteiger partial charge in [0.25, 0.3) is 0 Å². The van der Waals surface area contributed by atoms with E-state index in [-0.39, 0.29) is 5.41 Å². The maximum atomic E-state index is 6.47. The second kappa shape index (κ2) is 5.64. The molecule has 1 saturated heterocycles. The normalized spacial score (nSPS) is 16.8. The molecule has 0 aliphatic carbocycles. The van der Waals surface area contributed by atoms with Crippen molar-refractivity contribution < 1.29 is 0 Å². The lowest BCUT2D eigenvalue weighted by atomic mass is 9.72. The van der Waals surface area contributed by atoms with E-state index in [4.69, 9.17) is 23.2 Å². The van der Waals surface area contributed by atoms with Crippen LogP contribution in [0.2, 0.25) is 10.0 Å². The standard InChI is InChI=1S/C16H19Cl2N3/c1-3-21-14(15(18)11(2)20-21)8-16(9-19-10-16)12-6-4-5-7-13(12)17/h4-7,19H,3,8-10H2,1-2H3. The molecule has 0 radical (unpaired) electrons. The van der Waals surface area contributed by atoms with Crippen molar-refractivity contribution in [1.29, 1.82) is 0 Å². The fourth-order valence-electron chi connectivity index (χ4n) is 3.09. The van der Waals surface area contributed by atoms with Crippen molar-refractivity contribution in [2.45, 2.75) is 32.2 Å². The van der Waals surface area contributed by atoms with Crippen LogP contribution in [0.5, 0.6) is 0 Å². The summed E-state index contributed by atoms with van der Waals surface area (Å²) in [5.41, 5.74) is 3.22. The summed E-state index contributed by atoms with van der Waals surface area (Å²) in [6.45, 7) is 6.71. The summed E-state index contributed by atoms with van der Waals surface area (Å²) in [6, 6.07) is 8.10. The Morgan fingerprint density at radius 2 is 2.00 bits per heavy atom. The number of nitrogens with one attached hydrogen (secondary N) is 1. The molecule has 2 aromatic rings. The van der Waals surface area contributed by atoms with Crippen LogP contribution in [-0.4, -0.2) is 22.9 Å². The third-order valence-electron chi connectivity index (χ3n) is 4.33. The average molecular weight is 324 g/mol. The first kappa shape index (κ1) is 14.9. The van der Waals surface area contributed by atoms with Crippen molar-refractivity contribution in [3.05, 3.63) is 51.3 Å². The SMILES string of the molecule is CCn1nc(C)c(Cl)c1CC1(c2ccccc2Cl)CNC1. The van der Waals surface area contributed by atoms with Crippen LogP contribution in [0.15, 0.2) is 24.3 Å². The van der Waals surface area contributed by atoms with Gasteiger partial charge in [-0.2, -0.15) is 5.10 Å². The number of aryl methyl sites for hydroxylation is 2. The topological polar surface area (TPSA) is 29.9 Å². The summed E-state index contributed by atoms with van der Waals surface area (Å²) < 4.78 is 2.01. The van der Waals surface area contributed by atoms with E-state index < -0.39 is 0 Å². The molecule has 1 aliphatic heterocycles. The largest absolute Gasteiger partial charge is 0.315 e. The number of nitrogens with zero attached hydrogens (tertiary/aromatic N) is 2. The van der Waals surface area contributed by atoms with Crippen molar-refractivity contribution >= 4 is 23.2 Å². The molecule has 0 amide bonds. The van der Waals surface area contributed by atoms with E-state index in [1.54, 1.807) is 0 Å². The highest BCUT2D eigenvalue weighted by molar-refractivity contribution is 6.32. The molecule has 5 heteroatoms. The zero-order chi connectivity index (χ0) is 15.0. The zero-order valence-electron chi connectivity index (χ0n) is 12.3. The first-order chi connectivity index (χ1) is 10.1. The van der Waals surface area contributed by atoms with Gasteiger partial charge in [0, 0.05) is 36.5 Å². The highest BCUT2D eigenvalue weighted by Gasteiger charge is 2.41. The van der Waals surface area contributed by atoms with Crippen LogP contribution in [0.4, 0.5) is 0 Å². The molecule has 2 heterocycles. The van der Waals surface area contributed by atoms with Crippen LogP contribution in [0.25, 0.3) is 0 Å². The predicted molar refractivity (Wildman–Crippen MR) is 87.4 cm³/mol. The van der Waals surface area contributed by atoms with Gasteiger partial charge in [0.15, 0.2) is 0 Å². The Balaban J connectivity index is 2.01. The second-order valence-corrected chi connectivity index (χ2v) is 6.49. The van der Waals surface area contributed by atoms with Crippen molar-refractivity contribution in [2.24, 2.45) is 0 Å². The average Bonchev–Trinajstić information content (AvgIpc) is 2.71. The number of halogens is 2. The molecule has 0 unspecified atom stereocenters. The molecule has 3 rings (SSSR count). The molecule has 1 aromatic carbocycles. The van der Waals surface area contributed by atoms with Crippen LogP contribution in [0.1, 0.15) is 23.9 Å². The van der Waals surface area contributed by atoms with Gasteiger partial charge in [0.05, 0.1) is 16.4 Å². The minimum absolute atomic E-state index is 0.0153. The molecule has 1 fully saturated rings. The molecule has 0 spiro atoms. The Morgan fingerprint density at radius 3 is 2.57 bits per heavy atom. The van der Waals surface area contributed by atoms with E-state index in [0.717, 1.165) is 47.5 Å². The highest BCUT2D eigenvalue weighted by Crippen LogP contribution is 2.38. The summed E-state index contributed by atoms with van der Waals surface area (Å²) in [5.74, 6) is 0. The van der Waals surface area contributed by atoms with Crippen molar-refractivity contribution in [3.63, 3.8) is 0 Å². The van der Waals surface area contributed by atoms with Crippen LogP contribution >= 0.6 is 23.2 Å². The van der Waals surface area contributed by atoms with Crippen LogP contribution in [-0.2, 0) is 18.4 Å². The van der Waals surface area contributed by atoms with Gasteiger partial charge in [-0.05, 0) is 25.5 Å². The van der Waals surface area contributed by atoms with Gasteiger partial charge in [-0.3, -0.25) is 4.68 Å². The lowest BCUT2D eigenvalue weighted by Gasteiger charge is -2.44. The van der Waals surface area contributed by atoms with E-state index >= 15 is 0 Å². The number of benzene rings is 1. The minimum atomic E-state index is 0.0153. The van der Waals surface area contributed by atoms with Crippen molar-refractivity contribution in [3.8, 4) is 0 Å². The zero-order valence-corrected chi connectivity index (χ0v) is 13.8. The van der Waals surface area contributed by atoms with E-state index in [2.05, 4.69) is 23.4 Å². The van der Waals surface area contributed by atoms with Crippen molar-refractivity contribution in [2.75, 3.05) is 13.1 Å². The van der Waals surface area contributed by atoms with Gasteiger partial charge in [0.2, 0.25) is 0 Å². The van der Waals surface area contributed by atoms with Gasteiger partial charge >= 0.3 is 0 Å². The Labute approximate surface area is 135 Å². The molecule has 21 heavy (non-hydrogen) atoms. The highest BCUT2D eigenvalue weighted by atomic mass is 35.5. The molecule has 112 valence electrons. The fraction of sp³-hybridized carbons (Fsp3) is 0.438. The third kappa shape index (κ3) is 2.48. The smallest absolute Gasteiger partial charge is 0.0847 e. The molecule has 3 nitrogen and oxygen atoms in total. The Kier molecular flexibility index (Phi) is 4.00. The molecule has 0 saturated carbocycles. The quantitative estimate of drug-likeness (QED) is 0.931. The van der Waals surface area contributed by atoms with Gasteiger partial charge in [-0.1, -0.05) is 41.4 Å². The first-order valence-corrected chi connectivity index (χ1v) is 8.00. The summed E-state index contributed by atoms with van der Waals surface area (Å²) >= 11 is 12.9. The van der Waals surface area contributed by atoms with E-state index in [0.29, 0.717) is 0 Å². The summed E-state index contributed by atoms with van der Waals surface area (Å²) in [6.07, 6.45) is 0.858. The molecule has 1 N–H and O–H groups in total. The summed E-state index contributed by atoms with van der Waals surface area (Å²) in [7, 11) is 0. The number of rotatable bonds is 4. The minimum Gasteiger partial charge on any atom is -0.315 e. The van der Waals surface area contributed by atoms with Crippen LogP contribution in [0.3, 0.4) is 0 Å². The maximum absolute atomic E-state index is 6.47. The summed E-state index contributed by atoms with van der Waals surface area (Å²) in [5, 5.41) is 9.51. The third-order valence-corrected chi connectivity index (χ3v) is 5.15. The van der Waals surface area contributed by atoms with Gasteiger partial charge < -0.3 is 5.32 Å². The molecule has 1 aliphatic rings. The monoisotopic (exact) mass is 323 g/mol. The van der Waals surface area contributed by atoms with E-state index in [9.17, 15) is 0 Å². The Hall–Kier alpha value is -1.03. The Bertz CT molecular complexity index is 660. The number of hydrogen-bond acceptors (Lipinski definition) is 2.